The van der Waals surface area contributed by atoms with Crippen LogP contribution in [0.5, 0.6) is 5.75 Å². The molecule has 0 aliphatic carbocycles. The highest BCUT2D eigenvalue weighted by Crippen LogP contribution is 2.33. The number of nitrogens with zero attached hydrogens (tertiary/aromatic N) is 3. The van der Waals surface area contributed by atoms with Gasteiger partial charge in [0.1, 0.15) is 5.75 Å². The van der Waals surface area contributed by atoms with E-state index >= 15 is 0 Å². The minimum atomic E-state index is -4.55. The van der Waals surface area contributed by atoms with Crippen molar-refractivity contribution in [2.24, 2.45) is 0 Å². The minimum absolute atomic E-state index is 0.0380. The number of hydrogen-bond donors (Lipinski definition) is 1. The van der Waals surface area contributed by atoms with Crippen molar-refractivity contribution in [2.75, 3.05) is 19.5 Å². The molecule has 0 fully saturated rings. The Hall–Kier alpha value is -2.01. The molecule has 1 aromatic carbocycles. The topological polar surface area (TPSA) is 68.9 Å². The summed E-state index contributed by atoms with van der Waals surface area (Å²) in [7, 11) is 1.56. The van der Waals surface area contributed by atoms with E-state index in [1.165, 1.54) is 0 Å². The number of benzene rings is 1. The van der Waals surface area contributed by atoms with Gasteiger partial charge in [0, 0.05) is 17.5 Å². The number of ether oxygens (including phenoxy) is 2. The Bertz CT molecular complexity index is 984. The fourth-order valence-corrected chi connectivity index (χ4v) is 3.59. The van der Waals surface area contributed by atoms with E-state index in [-0.39, 0.29) is 34.8 Å². The van der Waals surface area contributed by atoms with Gasteiger partial charge in [-0.3, -0.25) is 4.40 Å². The van der Waals surface area contributed by atoms with Crippen LogP contribution in [0.2, 0.25) is 5.02 Å². The van der Waals surface area contributed by atoms with Crippen LogP contribution in [-0.4, -0.2) is 45.3 Å². The second kappa shape index (κ2) is 9.21. The molecule has 0 bridgehead atoms. The maximum Gasteiger partial charge on any atom is 0.417 e. The first-order valence-electron chi connectivity index (χ1n) is 8.41. The largest absolute Gasteiger partial charge is 0.496 e. The predicted octanol–water partition coefficient (Wildman–Crippen LogP) is 4.08. The van der Waals surface area contributed by atoms with Crippen LogP contribution in [0.1, 0.15) is 11.1 Å². The molecule has 0 spiro atoms. The Balaban J connectivity index is 1.59. The monoisotopic (exact) mass is 447 g/mol. The molecule has 3 aromatic rings. The van der Waals surface area contributed by atoms with Crippen LogP contribution in [0.3, 0.4) is 0 Å². The van der Waals surface area contributed by atoms with Crippen molar-refractivity contribution in [3.63, 3.8) is 0 Å². The van der Waals surface area contributed by atoms with Crippen molar-refractivity contribution in [2.45, 2.75) is 24.0 Å². The fourth-order valence-electron chi connectivity index (χ4n) is 2.53. The van der Waals surface area contributed by atoms with Gasteiger partial charge in [0.05, 0.1) is 37.0 Å². The van der Waals surface area contributed by atoms with E-state index < -0.39 is 17.8 Å². The van der Waals surface area contributed by atoms with E-state index in [1.807, 2.05) is 24.3 Å². The smallest absolute Gasteiger partial charge is 0.417 e. The van der Waals surface area contributed by atoms with Gasteiger partial charge in [-0.15, -0.1) is 10.2 Å². The zero-order chi connectivity index (χ0) is 21.0. The van der Waals surface area contributed by atoms with Crippen molar-refractivity contribution >= 4 is 29.0 Å². The van der Waals surface area contributed by atoms with E-state index in [1.54, 1.807) is 7.11 Å². The summed E-state index contributed by atoms with van der Waals surface area (Å²) in [4.78, 5) is 0. The number of aliphatic hydroxyl groups is 1. The van der Waals surface area contributed by atoms with Gasteiger partial charge in [-0.2, -0.15) is 13.2 Å². The van der Waals surface area contributed by atoms with Crippen LogP contribution in [0.4, 0.5) is 13.2 Å². The summed E-state index contributed by atoms with van der Waals surface area (Å²) in [6.45, 7) is 0.292. The standard InChI is InChI=1S/C18H17ClF3N3O3S/c1-27-15-5-3-2-4-11(15)8-28-9-13(26)10-29-17-24-23-16-14(19)6-12(7-25(16)17)18(20,21)22/h2-7,13,26H,8-10H2,1H3/t13-/m1/s1. The van der Waals surface area contributed by atoms with Gasteiger partial charge in [-0.25, -0.2) is 0 Å². The molecular weight excluding hydrogens is 431 g/mol. The Morgan fingerprint density at radius 1 is 1.28 bits per heavy atom. The minimum Gasteiger partial charge on any atom is -0.496 e. The lowest BCUT2D eigenvalue weighted by atomic mass is 10.2. The molecule has 0 saturated heterocycles. The number of alkyl halides is 3. The highest BCUT2D eigenvalue weighted by atomic mass is 35.5. The molecule has 2 aromatic heterocycles. The van der Waals surface area contributed by atoms with Crippen LogP contribution in [0.15, 0.2) is 41.7 Å². The first-order chi connectivity index (χ1) is 13.8. The number of halogens is 4. The lowest BCUT2D eigenvalue weighted by Crippen LogP contribution is -2.18. The SMILES string of the molecule is COc1ccccc1COC[C@@H](O)CSc1nnc2c(Cl)cc(C(F)(F)F)cn12. The summed E-state index contributed by atoms with van der Waals surface area (Å²) in [5.41, 5.74) is 0.0500. The van der Waals surface area contributed by atoms with Crippen molar-refractivity contribution in [3.05, 3.63) is 52.7 Å². The first kappa shape index (κ1) is 21.7. The Kier molecular flexibility index (Phi) is 6.89. The quantitative estimate of drug-likeness (QED) is 0.525. The molecule has 1 atom stereocenters. The van der Waals surface area contributed by atoms with Gasteiger partial charge in [0.2, 0.25) is 0 Å². The van der Waals surface area contributed by atoms with Crippen LogP contribution in [0.25, 0.3) is 5.65 Å². The molecule has 156 valence electrons. The molecule has 0 amide bonds. The molecule has 6 nitrogen and oxygen atoms in total. The summed E-state index contributed by atoms with van der Waals surface area (Å²) in [5.74, 6) is 0.837. The number of pyridine rings is 1. The van der Waals surface area contributed by atoms with Crippen LogP contribution in [0, 0.1) is 0 Å². The zero-order valence-electron chi connectivity index (χ0n) is 15.2. The summed E-state index contributed by atoms with van der Waals surface area (Å²) < 4.78 is 50.9. The predicted molar refractivity (Wildman–Crippen MR) is 102 cm³/mol. The van der Waals surface area contributed by atoms with E-state index in [0.29, 0.717) is 5.75 Å². The molecule has 29 heavy (non-hydrogen) atoms. The van der Waals surface area contributed by atoms with Gasteiger partial charge in [-0.05, 0) is 12.1 Å². The van der Waals surface area contributed by atoms with Crippen LogP contribution < -0.4 is 4.74 Å². The lowest BCUT2D eigenvalue weighted by molar-refractivity contribution is -0.137. The summed E-state index contributed by atoms with van der Waals surface area (Å²) >= 11 is 6.94. The van der Waals surface area contributed by atoms with Crippen molar-refractivity contribution in [1.29, 1.82) is 0 Å². The zero-order valence-corrected chi connectivity index (χ0v) is 16.8. The summed E-state index contributed by atoms with van der Waals surface area (Å²) in [6.07, 6.45) is -4.52. The number of aromatic nitrogens is 3. The van der Waals surface area contributed by atoms with Gasteiger partial charge in [0.15, 0.2) is 10.8 Å². The average molecular weight is 448 g/mol. The Morgan fingerprint density at radius 2 is 2.03 bits per heavy atom. The van der Waals surface area contributed by atoms with E-state index in [2.05, 4.69) is 10.2 Å². The normalized spacial score (nSPS) is 13.0. The molecule has 3 rings (SSSR count). The molecule has 0 aliphatic rings. The van der Waals surface area contributed by atoms with E-state index in [0.717, 1.165) is 34.0 Å². The van der Waals surface area contributed by atoms with Gasteiger partial charge < -0.3 is 14.6 Å². The third-order valence-corrected chi connectivity index (χ3v) is 5.29. The Morgan fingerprint density at radius 3 is 2.76 bits per heavy atom. The van der Waals surface area contributed by atoms with Crippen LogP contribution >= 0.6 is 23.4 Å². The number of fused-ring (bicyclic) bond motifs is 1. The third kappa shape index (κ3) is 5.33. The maximum absolute atomic E-state index is 13.0. The van der Waals surface area contributed by atoms with Gasteiger partial charge >= 0.3 is 6.18 Å². The van der Waals surface area contributed by atoms with Crippen molar-refractivity contribution in [3.8, 4) is 5.75 Å². The molecule has 0 saturated carbocycles. The van der Waals surface area contributed by atoms with E-state index in [9.17, 15) is 18.3 Å². The van der Waals surface area contributed by atoms with Gasteiger partial charge in [-0.1, -0.05) is 41.6 Å². The second-order valence-electron chi connectivity index (χ2n) is 6.04. The maximum atomic E-state index is 13.0. The molecule has 1 N–H and O–H groups in total. The third-order valence-electron chi connectivity index (χ3n) is 3.92. The molecule has 2 heterocycles. The summed E-state index contributed by atoms with van der Waals surface area (Å²) in [6, 6.07) is 8.16. The number of aliphatic hydroxyl groups excluding tert-OH is 1. The molecule has 0 radical (unpaired) electrons. The Labute approximate surface area is 173 Å². The van der Waals surface area contributed by atoms with Gasteiger partial charge in [0.25, 0.3) is 0 Å². The second-order valence-corrected chi connectivity index (χ2v) is 7.44. The number of para-hydroxylation sites is 1. The lowest BCUT2D eigenvalue weighted by Gasteiger charge is -2.12. The number of rotatable bonds is 8. The fraction of sp³-hybridized carbons (Fsp3) is 0.333. The van der Waals surface area contributed by atoms with E-state index in [4.69, 9.17) is 21.1 Å². The number of thioether (sulfide) groups is 1. The summed E-state index contributed by atoms with van der Waals surface area (Å²) in [5, 5.41) is 17.8. The average Bonchev–Trinajstić information content (AvgIpc) is 3.10. The number of hydrogen-bond acceptors (Lipinski definition) is 6. The molecule has 0 aliphatic heterocycles. The van der Waals surface area contributed by atoms with Crippen LogP contribution in [-0.2, 0) is 17.5 Å². The molecular formula is C18H17ClF3N3O3S. The van der Waals surface area contributed by atoms with Crippen molar-refractivity contribution in [1.82, 2.24) is 14.6 Å². The molecule has 0 unspecified atom stereocenters. The first-order valence-corrected chi connectivity index (χ1v) is 9.78. The molecule has 11 heteroatoms. The highest BCUT2D eigenvalue weighted by Gasteiger charge is 2.32. The number of methoxy groups -OCH3 is 1. The van der Waals surface area contributed by atoms with Crippen molar-refractivity contribution < 1.29 is 27.8 Å². The highest BCUT2D eigenvalue weighted by molar-refractivity contribution is 7.99.